The smallest absolute Gasteiger partial charge is 0.262 e. The third kappa shape index (κ3) is 3.56. The maximum atomic E-state index is 13.7. The summed E-state index contributed by atoms with van der Waals surface area (Å²) in [5, 5.41) is 3.05. The lowest BCUT2D eigenvalue weighted by Crippen LogP contribution is -2.15. The maximum absolute atomic E-state index is 13.7. The average Bonchev–Trinajstić information content (AvgIpc) is 3.34. The van der Waals surface area contributed by atoms with Gasteiger partial charge in [-0.05, 0) is 59.4 Å². The Balaban J connectivity index is 1.62. The lowest BCUT2D eigenvalue weighted by molar-refractivity contribution is 0.101. The highest BCUT2D eigenvalue weighted by molar-refractivity contribution is 7.19. The minimum atomic E-state index is -0.998. The van der Waals surface area contributed by atoms with Crippen LogP contribution in [0.1, 0.15) is 15.9 Å². The first-order chi connectivity index (χ1) is 13.5. The summed E-state index contributed by atoms with van der Waals surface area (Å²) in [4.78, 5) is 17.7. The minimum Gasteiger partial charge on any atom is -0.313 e. The van der Waals surface area contributed by atoms with Gasteiger partial charge in [-0.15, -0.1) is 11.3 Å². The Morgan fingerprint density at radius 1 is 1.04 bits per heavy atom. The molecule has 1 N–H and O–H groups in total. The third-order valence-electron chi connectivity index (χ3n) is 4.15. The molecule has 8 heteroatoms. The number of thiophene rings is 1. The number of amides is 1. The van der Waals surface area contributed by atoms with Crippen LogP contribution in [0.2, 0.25) is 0 Å². The number of nitrogens with one attached hydrogen (secondary N) is 1. The molecule has 0 fully saturated rings. The van der Waals surface area contributed by atoms with E-state index in [0.29, 0.717) is 5.00 Å². The predicted octanol–water partition coefficient (Wildman–Crippen LogP) is 5.77. The van der Waals surface area contributed by atoms with Crippen molar-refractivity contribution in [1.82, 2.24) is 9.36 Å². The first kappa shape index (κ1) is 18.4. The molecule has 0 saturated carbocycles. The van der Waals surface area contributed by atoms with Crippen molar-refractivity contribution in [3.05, 3.63) is 77.8 Å². The summed E-state index contributed by atoms with van der Waals surface area (Å²) in [5.74, 6) is -2.84. The molecule has 3 aromatic heterocycles. The van der Waals surface area contributed by atoms with Crippen LogP contribution < -0.4 is 5.32 Å². The quantitative estimate of drug-likeness (QED) is 0.462. The molecular formula is C20H13F2N3OS2. The molecule has 1 amide bonds. The molecule has 0 aliphatic heterocycles. The van der Waals surface area contributed by atoms with E-state index in [0.717, 1.165) is 38.8 Å². The second-order valence-electron chi connectivity index (χ2n) is 6.00. The molecule has 1 aromatic carbocycles. The van der Waals surface area contributed by atoms with Crippen LogP contribution in [-0.4, -0.2) is 15.3 Å². The Hall–Kier alpha value is -2.97. The zero-order valence-electron chi connectivity index (χ0n) is 14.6. The SMILES string of the molecule is Cc1ccc(-c2ccns2)cc1-c1ccc(NC(=O)c2c(F)cncc2F)s1. The van der Waals surface area contributed by atoms with E-state index in [4.69, 9.17) is 0 Å². The molecule has 3 heterocycles. The fourth-order valence-corrected chi connectivity index (χ4v) is 4.33. The van der Waals surface area contributed by atoms with E-state index in [1.165, 1.54) is 22.9 Å². The largest absolute Gasteiger partial charge is 0.313 e. The van der Waals surface area contributed by atoms with Crippen LogP contribution in [0.25, 0.3) is 20.9 Å². The number of carbonyl (C=O) groups excluding carboxylic acids is 1. The molecule has 0 bridgehead atoms. The molecule has 0 spiro atoms. The number of nitrogens with zero attached hydrogens (tertiary/aromatic N) is 2. The summed E-state index contributed by atoms with van der Waals surface area (Å²) in [6, 6.07) is 11.7. The molecule has 140 valence electrons. The van der Waals surface area contributed by atoms with Crippen molar-refractivity contribution < 1.29 is 13.6 Å². The lowest BCUT2D eigenvalue weighted by atomic mass is 10.0. The standard InChI is InChI=1S/C20H13F2N3OS2/c1-11-2-3-12(16-6-7-24-28-16)8-13(11)17-4-5-18(27-17)25-20(26)19-14(21)9-23-10-15(19)22/h2-10H,1H3,(H,25,26). The zero-order chi connectivity index (χ0) is 19.7. The van der Waals surface area contributed by atoms with Crippen molar-refractivity contribution in [2.75, 3.05) is 5.32 Å². The van der Waals surface area contributed by atoms with Gasteiger partial charge in [0, 0.05) is 11.1 Å². The number of rotatable bonds is 4. The van der Waals surface area contributed by atoms with Crippen LogP contribution in [-0.2, 0) is 0 Å². The average molecular weight is 413 g/mol. The Morgan fingerprint density at radius 2 is 1.82 bits per heavy atom. The Labute approximate surface area is 167 Å². The van der Waals surface area contributed by atoms with Crippen molar-refractivity contribution in [2.45, 2.75) is 6.92 Å². The maximum Gasteiger partial charge on any atom is 0.262 e. The topological polar surface area (TPSA) is 54.9 Å². The van der Waals surface area contributed by atoms with E-state index in [2.05, 4.69) is 20.7 Å². The molecule has 0 aliphatic rings. The number of carbonyl (C=O) groups is 1. The highest BCUT2D eigenvalue weighted by Gasteiger charge is 2.19. The van der Waals surface area contributed by atoms with Crippen LogP contribution in [0.5, 0.6) is 0 Å². The van der Waals surface area contributed by atoms with Crippen molar-refractivity contribution in [1.29, 1.82) is 0 Å². The first-order valence-corrected chi connectivity index (χ1v) is 9.84. The number of hydrogen-bond donors (Lipinski definition) is 1. The van der Waals surface area contributed by atoms with E-state index in [9.17, 15) is 13.6 Å². The number of aromatic nitrogens is 2. The summed E-state index contributed by atoms with van der Waals surface area (Å²) in [5.41, 5.74) is 2.52. The number of benzene rings is 1. The summed E-state index contributed by atoms with van der Waals surface area (Å²) in [6.07, 6.45) is 3.38. The predicted molar refractivity (Wildman–Crippen MR) is 108 cm³/mol. The van der Waals surface area contributed by atoms with Crippen molar-refractivity contribution in [2.24, 2.45) is 0 Å². The van der Waals surface area contributed by atoms with Gasteiger partial charge in [-0.25, -0.2) is 13.2 Å². The number of anilines is 1. The van der Waals surface area contributed by atoms with Gasteiger partial charge in [0.05, 0.1) is 22.3 Å². The summed E-state index contributed by atoms with van der Waals surface area (Å²) in [6.45, 7) is 2.01. The van der Waals surface area contributed by atoms with Crippen LogP contribution in [0, 0.1) is 18.6 Å². The zero-order valence-corrected chi connectivity index (χ0v) is 16.2. The van der Waals surface area contributed by atoms with Gasteiger partial charge in [0.15, 0.2) is 11.6 Å². The van der Waals surface area contributed by atoms with Gasteiger partial charge >= 0.3 is 0 Å². The monoisotopic (exact) mass is 413 g/mol. The lowest BCUT2D eigenvalue weighted by Gasteiger charge is -2.07. The van der Waals surface area contributed by atoms with Crippen molar-refractivity contribution >= 4 is 33.8 Å². The van der Waals surface area contributed by atoms with Crippen LogP contribution in [0.4, 0.5) is 13.8 Å². The molecule has 0 radical (unpaired) electrons. The normalized spacial score (nSPS) is 10.8. The number of hydrogen-bond acceptors (Lipinski definition) is 5. The fraction of sp³-hybridized carbons (Fsp3) is 0.0500. The second kappa shape index (κ2) is 7.57. The Morgan fingerprint density at radius 3 is 2.54 bits per heavy atom. The second-order valence-corrected chi connectivity index (χ2v) is 7.92. The van der Waals surface area contributed by atoms with Gasteiger partial charge in [-0.1, -0.05) is 12.1 Å². The van der Waals surface area contributed by atoms with Crippen LogP contribution >= 0.6 is 22.9 Å². The fourth-order valence-electron chi connectivity index (χ4n) is 2.76. The first-order valence-electron chi connectivity index (χ1n) is 8.25. The van der Waals surface area contributed by atoms with Gasteiger partial charge in [-0.3, -0.25) is 9.78 Å². The Bertz CT molecular complexity index is 1140. The highest BCUT2D eigenvalue weighted by atomic mass is 32.1. The van der Waals surface area contributed by atoms with Gasteiger partial charge in [-0.2, -0.15) is 0 Å². The molecule has 0 unspecified atom stereocenters. The van der Waals surface area contributed by atoms with Gasteiger partial charge < -0.3 is 5.32 Å². The number of aryl methyl sites for hydroxylation is 1. The van der Waals surface area contributed by atoms with Gasteiger partial charge in [0.25, 0.3) is 5.91 Å². The molecule has 0 aliphatic carbocycles. The van der Waals surface area contributed by atoms with E-state index >= 15 is 0 Å². The highest BCUT2D eigenvalue weighted by Crippen LogP contribution is 2.36. The summed E-state index contributed by atoms with van der Waals surface area (Å²) < 4.78 is 31.6. The van der Waals surface area contributed by atoms with Crippen molar-refractivity contribution in [3.63, 3.8) is 0 Å². The third-order valence-corrected chi connectivity index (χ3v) is 5.98. The molecule has 0 saturated heterocycles. The van der Waals surface area contributed by atoms with E-state index in [1.54, 1.807) is 12.3 Å². The summed E-state index contributed by atoms with van der Waals surface area (Å²) in [7, 11) is 0. The molecular weight excluding hydrogens is 400 g/mol. The van der Waals surface area contributed by atoms with Crippen LogP contribution in [0.3, 0.4) is 0 Å². The van der Waals surface area contributed by atoms with E-state index < -0.39 is 23.1 Å². The Kier molecular flexibility index (Phi) is 4.97. The van der Waals surface area contributed by atoms with Crippen molar-refractivity contribution in [3.8, 4) is 20.9 Å². The minimum absolute atomic E-state index is 0.498. The molecule has 4 nitrogen and oxygen atoms in total. The van der Waals surface area contributed by atoms with Crippen LogP contribution in [0.15, 0.2) is 55.0 Å². The molecule has 4 rings (SSSR count). The van der Waals surface area contributed by atoms with E-state index in [1.807, 2.05) is 31.2 Å². The van der Waals surface area contributed by atoms with Gasteiger partial charge in [0.2, 0.25) is 0 Å². The number of halogens is 2. The summed E-state index contributed by atoms with van der Waals surface area (Å²) >= 11 is 2.76. The molecule has 0 atom stereocenters. The number of pyridine rings is 1. The molecule has 4 aromatic rings. The molecule has 28 heavy (non-hydrogen) atoms. The van der Waals surface area contributed by atoms with E-state index in [-0.39, 0.29) is 0 Å². The van der Waals surface area contributed by atoms with Gasteiger partial charge in [0.1, 0.15) is 5.56 Å².